The van der Waals surface area contributed by atoms with E-state index in [9.17, 15) is 13.6 Å². The predicted octanol–water partition coefficient (Wildman–Crippen LogP) is 3.14. The molecule has 1 fully saturated rings. The van der Waals surface area contributed by atoms with Gasteiger partial charge in [0.15, 0.2) is 0 Å². The summed E-state index contributed by atoms with van der Waals surface area (Å²) < 4.78 is 27.7. The Morgan fingerprint density at radius 2 is 2.08 bits per heavy atom. The molecule has 4 nitrogen and oxygen atoms in total. The van der Waals surface area contributed by atoms with Crippen molar-refractivity contribution in [1.82, 2.24) is 15.2 Å². The molecule has 0 spiro atoms. The van der Waals surface area contributed by atoms with Gasteiger partial charge in [-0.15, -0.1) is 0 Å². The summed E-state index contributed by atoms with van der Waals surface area (Å²) in [5.74, 6) is -1.82. The van der Waals surface area contributed by atoms with Crippen LogP contribution in [0.2, 0.25) is 0 Å². The number of halogens is 2. The van der Waals surface area contributed by atoms with Gasteiger partial charge in [-0.3, -0.25) is 9.78 Å². The van der Waals surface area contributed by atoms with Crippen LogP contribution in [0.4, 0.5) is 8.78 Å². The predicted molar refractivity (Wildman–Crippen MR) is 91.0 cm³/mol. The summed E-state index contributed by atoms with van der Waals surface area (Å²) in [6.45, 7) is 1.97. The first-order chi connectivity index (χ1) is 12.1. The number of pyridine rings is 1. The first-order valence-electron chi connectivity index (χ1n) is 8.52. The fourth-order valence-corrected chi connectivity index (χ4v) is 3.16. The van der Waals surface area contributed by atoms with Gasteiger partial charge in [0.05, 0.1) is 17.8 Å². The molecule has 1 amide bonds. The Balaban J connectivity index is 1.91. The summed E-state index contributed by atoms with van der Waals surface area (Å²) in [5.41, 5.74) is 0.498. The number of aromatic nitrogens is 1. The van der Waals surface area contributed by atoms with Crippen LogP contribution in [0.25, 0.3) is 0 Å². The van der Waals surface area contributed by atoms with Crippen molar-refractivity contribution in [2.75, 3.05) is 13.1 Å². The van der Waals surface area contributed by atoms with Crippen LogP contribution in [0.1, 0.15) is 35.3 Å². The van der Waals surface area contributed by atoms with E-state index in [1.807, 2.05) is 12.1 Å². The molecule has 1 atom stereocenters. The number of amides is 1. The van der Waals surface area contributed by atoms with Gasteiger partial charge in [-0.1, -0.05) is 6.07 Å². The molecule has 1 N–H and O–H groups in total. The second-order valence-electron chi connectivity index (χ2n) is 6.21. The molecule has 0 aliphatic carbocycles. The molecular weight excluding hydrogens is 324 g/mol. The third-order valence-corrected chi connectivity index (χ3v) is 4.46. The number of benzene rings is 1. The summed E-state index contributed by atoms with van der Waals surface area (Å²) in [5, 5.41) is 3.31. The van der Waals surface area contributed by atoms with Gasteiger partial charge >= 0.3 is 0 Å². The second-order valence-corrected chi connectivity index (χ2v) is 6.21. The number of carbonyl (C=O) groups excluding carboxylic acids is 1. The molecular formula is C19H21F2N3O. The van der Waals surface area contributed by atoms with Crippen molar-refractivity contribution in [3.63, 3.8) is 0 Å². The smallest absolute Gasteiger partial charge is 0.257 e. The highest BCUT2D eigenvalue weighted by Gasteiger charge is 2.28. The lowest BCUT2D eigenvalue weighted by Crippen LogP contribution is -2.41. The number of nitrogens with zero attached hydrogens (tertiary/aromatic N) is 2. The van der Waals surface area contributed by atoms with Gasteiger partial charge in [0.25, 0.3) is 5.91 Å². The van der Waals surface area contributed by atoms with Gasteiger partial charge in [-0.2, -0.15) is 0 Å². The first-order valence-corrected chi connectivity index (χ1v) is 8.52. The van der Waals surface area contributed by atoms with Crippen LogP contribution >= 0.6 is 0 Å². The van der Waals surface area contributed by atoms with Crippen LogP contribution in [0, 0.1) is 11.6 Å². The Bertz CT molecular complexity index is 716. The normalized spacial score (nSPS) is 17.8. The Labute approximate surface area is 145 Å². The minimum Gasteiger partial charge on any atom is -0.330 e. The topological polar surface area (TPSA) is 45.2 Å². The van der Waals surface area contributed by atoms with Crippen LogP contribution in [-0.2, 0) is 6.54 Å². The van der Waals surface area contributed by atoms with E-state index in [0.717, 1.165) is 56.2 Å². The van der Waals surface area contributed by atoms with Crippen molar-refractivity contribution in [2.24, 2.45) is 0 Å². The zero-order chi connectivity index (χ0) is 17.6. The minimum atomic E-state index is -0.704. The average Bonchev–Trinajstić information content (AvgIpc) is 2.91. The lowest BCUT2D eigenvalue weighted by molar-refractivity contribution is 0.0637. The molecule has 1 unspecified atom stereocenters. The molecule has 0 radical (unpaired) electrons. The van der Waals surface area contributed by atoms with Crippen molar-refractivity contribution < 1.29 is 13.6 Å². The molecule has 1 aliphatic heterocycles. The Hall–Kier alpha value is -2.34. The average molecular weight is 345 g/mol. The van der Waals surface area contributed by atoms with Gasteiger partial charge in [0.1, 0.15) is 11.6 Å². The molecule has 0 saturated carbocycles. The van der Waals surface area contributed by atoms with Crippen molar-refractivity contribution >= 4 is 5.91 Å². The van der Waals surface area contributed by atoms with Gasteiger partial charge in [0, 0.05) is 12.2 Å². The Morgan fingerprint density at radius 1 is 1.20 bits per heavy atom. The zero-order valence-electron chi connectivity index (χ0n) is 13.9. The monoisotopic (exact) mass is 345 g/mol. The second kappa shape index (κ2) is 8.16. The lowest BCUT2D eigenvalue weighted by atomic mass is 10.0. The number of hydrogen-bond donors (Lipinski definition) is 1. The third kappa shape index (κ3) is 4.39. The SMILES string of the molecule is O=C(c1cc(F)ccc1F)N(Cc1ccccn1)C1CCCNCC1. The molecule has 25 heavy (non-hydrogen) atoms. The third-order valence-electron chi connectivity index (χ3n) is 4.46. The Morgan fingerprint density at radius 3 is 2.88 bits per heavy atom. The number of nitrogens with one attached hydrogen (secondary N) is 1. The van der Waals surface area contributed by atoms with Crippen molar-refractivity contribution in [3.05, 3.63) is 65.5 Å². The number of hydrogen-bond acceptors (Lipinski definition) is 3. The zero-order valence-corrected chi connectivity index (χ0v) is 13.9. The Kier molecular flexibility index (Phi) is 5.71. The maximum Gasteiger partial charge on any atom is 0.257 e. The van der Waals surface area contributed by atoms with E-state index in [2.05, 4.69) is 10.3 Å². The number of carbonyl (C=O) groups is 1. The highest BCUT2D eigenvalue weighted by molar-refractivity contribution is 5.94. The quantitative estimate of drug-likeness (QED) is 0.926. The van der Waals surface area contributed by atoms with E-state index < -0.39 is 17.5 Å². The van der Waals surface area contributed by atoms with E-state index in [1.165, 1.54) is 0 Å². The molecule has 2 heterocycles. The van der Waals surface area contributed by atoms with E-state index >= 15 is 0 Å². The van der Waals surface area contributed by atoms with Gasteiger partial charge < -0.3 is 10.2 Å². The molecule has 132 valence electrons. The lowest BCUT2D eigenvalue weighted by Gasteiger charge is -2.31. The molecule has 1 aliphatic rings. The molecule has 1 aromatic carbocycles. The standard InChI is InChI=1S/C19H21F2N3O/c20-14-6-7-18(21)17(12-14)19(25)24(13-15-4-1-2-10-23-15)16-5-3-9-22-11-8-16/h1-2,4,6-7,10,12,16,22H,3,5,8-9,11,13H2. The van der Waals surface area contributed by atoms with Crippen LogP contribution < -0.4 is 5.32 Å². The number of rotatable bonds is 4. The van der Waals surface area contributed by atoms with Crippen LogP contribution in [0.3, 0.4) is 0 Å². The summed E-state index contributed by atoms with van der Waals surface area (Å²) in [4.78, 5) is 18.9. The highest BCUT2D eigenvalue weighted by Crippen LogP contribution is 2.21. The molecule has 6 heteroatoms. The van der Waals surface area contributed by atoms with Gasteiger partial charge in [-0.05, 0) is 62.7 Å². The first kappa shape index (κ1) is 17.5. The van der Waals surface area contributed by atoms with Gasteiger partial charge in [-0.25, -0.2) is 8.78 Å². The molecule has 3 rings (SSSR count). The van der Waals surface area contributed by atoms with E-state index in [-0.39, 0.29) is 18.2 Å². The van der Waals surface area contributed by atoms with Crippen molar-refractivity contribution in [1.29, 1.82) is 0 Å². The summed E-state index contributed by atoms with van der Waals surface area (Å²) in [6.07, 6.45) is 4.19. The van der Waals surface area contributed by atoms with Crippen molar-refractivity contribution in [3.8, 4) is 0 Å². The maximum atomic E-state index is 14.1. The summed E-state index contributed by atoms with van der Waals surface area (Å²) in [6, 6.07) is 8.43. The van der Waals surface area contributed by atoms with Crippen molar-refractivity contribution in [2.45, 2.75) is 31.8 Å². The fourth-order valence-electron chi connectivity index (χ4n) is 3.16. The van der Waals surface area contributed by atoms with Crippen LogP contribution in [0.15, 0.2) is 42.6 Å². The molecule has 1 saturated heterocycles. The maximum absolute atomic E-state index is 14.1. The highest BCUT2D eigenvalue weighted by atomic mass is 19.1. The minimum absolute atomic E-state index is 0.0350. The molecule has 2 aromatic rings. The molecule has 0 bridgehead atoms. The van der Waals surface area contributed by atoms with E-state index in [0.29, 0.717) is 0 Å². The van der Waals surface area contributed by atoms with Gasteiger partial charge in [0.2, 0.25) is 0 Å². The molecule has 1 aromatic heterocycles. The summed E-state index contributed by atoms with van der Waals surface area (Å²) >= 11 is 0. The van der Waals surface area contributed by atoms with E-state index in [1.54, 1.807) is 17.2 Å². The van der Waals surface area contributed by atoms with Crippen LogP contribution in [-0.4, -0.2) is 34.9 Å². The fraction of sp³-hybridized carbons (Fsp3) is 0.368. The van der Waals surface area contributed by atoms with E-state index in [4.69, 9.17) is 0 Å². The van der Waals surface area contributed by atoms with Crippen LogP contribution in [0.5, 0.6) is 0 Å². The summed E-state index contributed by atoms with van der Waals surface area (Å²) in [7, 11) is 0. The largest absolute Gasteiger partial charge is 0.330 e.